The van der Waals surface area contributed by atoms with E-state index < -0.39 is 0 Å². The topological polar surface area (TPSA) is 59.9 Å². The molecule has 0 radical (unpaired) electrons. The molecule has 1 fully saturated rings. The number of rotatable bonds is 6. The third kappa shape index (κ3) is 5.52. The maximum Gasteiger partial charge on any atom is 0.264 e. The smallest absolute Gasteiger partial charge is 0.264 e. The summed E-state index contributed by atoms with van der Waals surface area (Å²) in [5.41, 5.74) is 3.78. The predicted octanol–water partition coefficient (Wildman–Crippen LogP) is 6.13. The first-order valence-corrected chi connectivity index (χ1v) is 11.1. The van der Waals surface area contributed by atoms with E-state index in [2.05, 4.69) is 29.4 Å². The largest absolute Gasteiger partial charge is 0.494 e. The van der Waals surface area contributed by atoms with E-state index in [0.717, 1.165) is 16.9 Å². The summed E-state index contributed by atoms with van der Waals surface area (Å²) in [6.45, 7) is 2.57. The van der Waals surface area contributed by atoms with E-state index in [1.165, 1.54) is 17.3 Å². The van der Waals surface area contributed by atoms with Gasteiger partial charge in [-0.15, -0.1) is 0 Å². The Morgan fingerprint density at radius 1 is 1.09 bits per heavy atom. The quantitative estimate of drug-likeness (QED) is 0.446. The molecule has 0 spiro atoms. The first-order chi connectivity index (χ1) is 15.5. The lowest BCUT2D eigenvalue weighted by molar-refractivity contribution is -0.115. The van der Waals surface area contributed by atoms with Crippen molar-refractivity contribution in [3.8, 4) is 11.5 Å². The van der Waals surface area contributed by atoms with Gasteiger partial charge in [0.05, 0.1) is 12.0 Å². The Morgan fingerprint density at radius 3 is 2.66 bits per heavy atom. The number of aryl methyl sites for hydroxylation is 1. The molecule has 0 bridgehead atoms. The number of thioether (sulfide) groups is 1. The average molecular weight is 465 g/mol. The number of hydrogen-bond acceptors (Lipinski definition) is 5. The number of benzene rings is 3. The molecule has 3 aromatic carbocycles. The molecule has 5 nitrogen and oxygen atoms in total. The Labute approximate surface area is 196 Å². The highest BCUT2D eigenvalue weighted by atomic mass is 35.5. The number of nitrogens with one attached hydrogen (secondary N) is 1. The number of carbonyl (C=O) groups excluding carboxylic acids is 1. The molecule has 4 rings (SSSR count). The molecular weight excluding hydrogens is 444 g/mol. The second-order valence-electron chi connectivity index (χ2n) is 7.14. The van der Waals surface area contributed by atoms with E-state index in [9.17, 15) is 4.79 Å². The lowest BCUT2D eigenvalue weighted by atomic mass is 10.1. The fraction of sp³-hybridized carbons (Fsp3) is 0.120. The Balaban J connectivity index is 1.44. The highest BCUT2D eigenvalue weighted by molar-refractivity contribution is 8.18. The highest BCUT2D eigenvalue weighted by Gasteiger charge is 2.24. The second kappa shape index (κ2) is 9.94. The maximum absolute atomic E-state index is 12.4. The summed E-state index contributed by atoms with van der Waals surface area (Å²) < 4.78 is 11.2. The first-order valence-electron chi connectivity index (χ1n) is 9.92. The molecule has 3 aromatic rings. The molecule has 1 aliphatic heterocycles. The van der Waals surface area contributed by atoms with Crippen molar-refractivity contribution in [2.75, 3.05) is 7.11 Å². The number of methoxy groups -OCH3 is 1. The maximum atomic E-state index is 12.4. The standard InChI is InChI=1S/C25H21ClN2O3S/c1-16-4-3-5-18(12-16)15-31-20-9-6-17(7-10-20)13-23-24(29)28-25(32-23)27-21-14-19(26)8-11-22(21)30-2/h3-14H,15H2,1-2H3,(H,27,28,29)/b23-13-. The summed E-state index contributed by atoms with van der Waals surface area (Å²) in [6, 6.07) is 21.0. The molecular formula is C25H21ClN2O3S. The van der Waals surface area contributed by atoms with Crippen LogP contribution in [0, 0.1) is 6.92 Å². The first kappa shape index (κ1) is 22.0. The van der Waals surface area contributed by atoms with Gasteiger partial charge in [0.15, 0.2) is 5.17 Å². The molecule has 7 heteroatoms. The van der Waals surface area contributed by atoms with Crippen LogP contribution >= 0.6 is 23.4 Å². The molecule has 32 heavy (non-hydrogen) atoms. The summed E-state index contributed by atoms with van der Waals surface area (Å²) in [7, 11) is 1.56. The minimum atomic E-state index is -0.200. The van der Waals surface area contributed by atoms with Crippen LogP contribution in [0.3, 0.4) is 0 Å². The van der Waals surface area contributed by atoms with Gasteiger partial charge in [0.25, 0.3) is 5.91 Å². The molecule has 1 aliphatic rings. The van der Waals surface area contributed by atoms with Gasteiger partial charge in [-0.2, -0.15) is 0 Å². The molecule has 0 atom stereocenters. The van der Waals surface area contributed by atoms with Crippen LogP contribution in [0.15, 0.2) is 76.6 Å². The van der Waals surface area contributed by atoms with Crippen molar-refractivity contribution < 1.29 is 14.3 Å². The number of amidine groups is 1. The number of halogens is 1. The monoisotopic (exact) mass is 464 g/mol. The van der Waals surface area contributed by atoms with E-state index in [1.807, 2.05) is 42.5 Å². The molecule has 0 aliphatic carbocycles. The fourth-order valence-electron chi connectivity index (χ4n) is 3.12. The molecule has 1 amide bonds. The van der Waals surface area contributed by atoms with Crippen LogP contribution < -0.4 is 14.8 Å². The molecule has 1 heterocycles. The van der Waals surface area contributed by atoms with Crippen LogP contribution in [-0.4, -0.2) is 18.2 Å². The van der Waals surface area contributed by atoms with Crippen LogP contribution in [0.4, 0.5) is 5.69 Å². The molecule has 0 saturated carbocycles. The van der Waals surface area contributed by atoms with Crippen LogP contribution in [-0.2, 0) is 11.4 Å². The molecule has 0 aromatic heterocycles. The zero-order chi connectivity index (χ0) is 22.5. The number of aliphatic imine (C=N–C) groups is 1. The summed E-state index contributed by atoms with van der Waals surface area (Å²) in [5, 5.41) is 3.79. The zero-order valence-corrected chi connectivity index (χ0v) is 19.2. The fourth-order valence-corrected chi connectivity index (χ4v) is 4.12. The van der Waals surface area contributed by atoms with Crippen LogP contribution in [0.5, 0.6) is 11.5 Å². The number of ether oxygens (including phenoxy) is 2. The van der Waals surface area contributed by atoms with Gasteiger partial charge in [0.1, 0.15) is 23.8 Å². The number of amides is 1. The van der Waals surface area contributed by atoms with Gasteiger partial charge in [-0.1, -0.05) is 53.6 Å². The Kier molecular flexibility index (Phi) is 6.83. The number of nitrogens with zero attached hydrogens (tertiary/aromatic N) is 1. The minimum absolute atomic E-state index is 0.200. The van der Waals surface area contributed by atoms with Crippen molar-refractivity contribution in [1.82, 2.24) is 5.32 Å². The predicted molar refractivity (Wildman–Crippen MR) is 131 cm³/mol. The molecule has 0 unspecified atom stereocenters. The van der Waals surface area contributed by atoms with Gasteiger partial charge in [-0.3, -0.25) is 4.79 Å². The Morgan fingerprint density at radius 2 is 1.91 bits per heavy atom. The highest BCUT2D eigenvalue weighted by Crippen LogP contribution is 2.34. The molecule has 1 N–H and O–H groups in total. The average Bonchev–Trinajstić information content (AvgIpc) is 3.12. The number of carbonyl (C=O) groups is 1. The normalized spacial score (nSPS) is 15.8. The molecule has 1 saturated heterocycles. The van der Waals surface area contributed by atoms with E-state index >= 15 is 0 Å². The Bertz CT molecular complexity index is 1210. The SMILES string of the molecule is COc1ccc(Cl)cc1N=C1NC(=O)/C(=C/c2ccc(OCc3cccc(C)c3)cc2)S1. The number of hydrogen-bond donors (Lipinski definition) is 1. The van der Waals surface area contributed by atoms with Gasteiger partial charge < -0.3 is 14.8 Å². The van der Waals surface area contributed by atoms with Crippen molar-refractivity contribution in [1.29, 1.82) is 0 Å². The van der Waals surface area contributed by atoms with Gasteiger partial charge >= 0.3 is 0 Å². The molecule has 162 valence electrons. The lowest BCUT2D eigenvalue weighted by Gasteiger charge is -2.07. The van der Waals surface area contributed by atoms with Crippen LogP contribution in [0.1, 0.15) is 16.7 Å². The van der Waals surface area contributed by atoms with E-state index in [1.54, 1.807) is 25.3 Å². The minimum Gasteiger partial charge on any atom is -0.494 e. The summed E-state index contributed by atoms with van der Waals surface area (Å²) in [4.78, 5) is 17.4. The summed E-state index contributed by atoms with van der Waals surface area (Å²) in [6.07, 6.45) is 1.82. The van der Waals surface area contributed by atoms with Crippen molar-refractivity contribution in [3.63, 3.8) is 0 Å². The van der Waals surface area contributed by atoms with Gasteiger partial charge in [-0.05, 0) is 66.2 Å². The van der Waals surface area contributed by atoms with Gasteiger partial charge in [0.2, 0.25) is 0 Å². The van der Waals surface area contributed by atoms with E-state index in [0.29, 0.717) is 33.1 Å². The van der Waals surface area contributed by atoms with E-state index in [-0.39, 0.29) is 5.91 Å². The second-order valence-corrected chi connectivity index (χ2v) is 8.61. The summed E-state index contributed by atoms with van der Waals surface area (Å²) in [5.74, 6) is 1.15. The summed E-state index contributed by atoms with van der Waals surface area (Å²) >= 11 is 7.33. The lowest BCUT2D eigenvalue weighted by Crippen LogP contribution is -2.19. The van der Waals surface area contributed by atoms with Crippen LogP contribution in [0.25, 0.3) is 6.08 Å². The van der Waals surface area contributed by atoms with Gasteiger partial charge in [0, 0.05) is 5.02 Å². The van der Waals surface area contributed by atoms with Crippen molar-refractivity contribution in [3.05, 3.63) is 93.3 Å². The third-order valence-electron chi connectivity index (χ3n) is 4.68. The van der Waals surface area contributed by atoms with Crippen molar-refractivity contribution >= 4 is 46.2 Å². The van der Waals surface area contributed by atoms with Gasteiger partial charge in [-0.25, -0.2) is 4.99 Å². The van der Waals surface area contributed by atoms with E-state index in [4.69, 9.17) is 21.1 Å². The zero-order valence-electron chi connectivity index (χ0n) is 17.6. The Hall–Kier alpha value is -3.22. The van der Waals surface area contributed by atoms with Crippen molar-refractivity contribution in [2.24, 2.45) is 4.99 Å². The van der Waals surface area contributed by atoms with Crippen molar-refractivity contribution in [2.45, 2.75) is 13.5 Å². The third-order valence-corrected chi connectivity index (χ3v) is 5.82. The van der Waals surface area contributed by atoms with Crippen LogP contribution in [0.2, 0.25) is 5.02 Å².